The molecule has 0 radical (unpaired) electrons. The Kier molecular flexibility index (Phi) is 3.30. The summed E-state index contributed by atoms with van der Waals surface area (Å²) in [7, 11) is 0. The summed E-state index contributed by atoms with van der Waals surface area (Å²) in [6.07, 6.45) is 5.63. The van der Waals surface area contributed by atoms with Crippen LogP contribution in [0, 0.1) is 0 Å². The van der Waals surface area contributed by atoms with E-state index < -0.39 is 5.60 Å². The summed E-state index contributed by atoms with van der Waals surface area (Å²) < 4.78 is 0. The molecule has 0 saturated carbocycles. The molecule has 1 aliphatic heterocycles. The predicted octanol–water partition coefficient (Wildman–Crippen LogP) is 1.87. The highest BCUT2D eigenvalue weighted by molar-refractivity contribution is 6.32. The molecule has 1 N–H and O–H groups in total. The zero-order valence-electron chi connectivity index (χ0n) is 9.36. The van der Waals surface area contributed by atoms with Gasteiger partial charge in [0, 0.05) is 13.1 Å². The Labute approximate surface area is 100 Å². The smallest absolute Gasteiger partial charge is 0.150 e. The van der Waals surface area contributed by atoms with Crippen LogP contribution in [0.25, 0.3) is 0 Å². The van der Waals surface area contributed by atoms with E-state index in [0.29, 0.717) is 5.02 Å². The van der Waals surface area contributed by atoms with Crippen LogP contribution in [0.5, 0.6) is 0 Å². The molecule has 1 fully saturated rings. The third kappa shape index (κ3) is 2.62. The number of hydrogen-bond donors (Lipinski definition) is 1. The summed E-state index contributed by atoms with van der Waals surface area (Å²) in [4.78, 5) is 10.2. The lowest BCUT2D eigenvalue weighted by Crippen LogP contribution is -2.29. The number of rotatable bonds is 1. The van der Waals surface area contributed by atoms with Crippen molar-refractivity contribution < 1.29 is 5.11 Å². The number of anilines is 1. The second-order valence-corrected chi connectivity index (χ2v) is 4.94. The van der Waals surface area contributed by atoms with Crippen LogP contribution in [0.4, 0.5) is 5.82 Å². The average Bonchev–Trinajstić information content (AvgIpc) is 2.40. The SMILES string of the molecule is CC1(O)CCCN(c2ncncc2Cl)CC1. The third-order valence-electron chi connectivity index (χ3n) is 3.01. The van der Waals surface area contributed by atoms with Crippen LogP contribution in [0.1, 0.15) is 26.2 Å². The molecule has 0 bridgehead atoms. The second-order valence-electron chi connectivity index (χ2n) is 4.53. The molecule has 1 aromatic heterocycles. The highest BCUT2D eigenvalue weighted by Crippen LogP contribution is 2.27. The molecule has 1 aromatic rings. The van der Waals surface area contributed by atoms with Crippen LogP contribution in [-0.4, -0.2) is 33.8 Å². The third-order valence-corrected chi connectivity index (χ3v) is 3.28. The lowest BCUT2D eigenvalue weighted by atomic mass is 9.98. The molecule has 0 amide bonds. The lowest BCUT2D eigenvalue weighted by molar-refractivity contribution is 0.0481. The molecule has 1 atom stereocenters. The van der Waals surface area contributed by atoms with Gasteiger partial charge in [0.2, 0.25) is 0 Å². The minimum absolute atomic E-state index is 0.561. The number of aliphatic hydroxyl groups is 1. The van der Waals surface area contributed by atoms with Crippen LogP contribution in [0.2, 0.25) is 5.02 Å². The molecular weight excluding hydrogens is 226 g/mol. The van der Waals surface area contributed by atoms with Crippen LogP contribution < -0.4 is 4.90 Å². The van der Waals surface area contributed by atoms with Crippen molar-refractivity contribution in [2.75, 3.05) is 18.0 Å². The number of halogens is 1. The molecule has 4 nitrogen and oxygen atoms in total. The molecule has 0 aromatic carbocycles. The standard InChI is InChI=1S/C11H16ClN3O/c1-11(16)3-2-5-15(6-4-11)10-9(12)7-13-8-14-10/h7-8,16H,2-6H2,1H3. The Bertz CT molecular complexity index is 370. The van der Waals surface area contributed by atoms with Gasteiger partial charge in [-0.15, -0.1) is 0 Å². The van der Waals surface area contributed by atoms with Crippen LogP contribution in [0.15, 0.2) is 12.5 Å². The first-order valence-electron chi connectivity index (χ1n) is 5.51. The van der Waals surface area contributed by atoms with Gasteiger partial charge in [-0.05, 0) is 26.2 Å². The summed E-state index contributed by atoms with van der Waals surface area (Å²) >= 11 is 6.05. The number of nitrogens with zero attached hydrogens (tertiary/aromatic N) is 3. The molecule has 2 heterocycles. The van der Waals surface area contributed by atoms with E-state index in [2.05, 4.69) is 14.9 Å². The van der Waals surface area contributed by atoms with E-state index in [1.54, 1.807) is 6.20 Å². The fourth-order valence-corrected chi connectivity index (χ4v) is 2.24. The van der Waals surface area contributed by atoms with E-state index in [4.69, 9.17) is 11.6 Å². The topological polar surface area (TPSA) is 49.2 Å². The quantitative estimate of drug-likeness (QED) is 0.816. The molecular formula is C11H16ClN3O. The van der Waals surface area contributed by atoms with E-state index >= 15 is 0 Å². The summed E-state index contributed by atoms with van der Waals surface area (Å²) in [5.41, 5.74) is -0.561. The Morgan fingerprint density at radius 3 is 3.00 bits per heavy atom. The van der Waals surface area contributed by atoms with Crippen molar-refractivity contribution in [1.29, 1.82) is 0 Å². The van der Waals surface area contributed by atoms with Gasteiger partial charge in [0.25, 0.3) is 0 Å². The first kappa shape index (κ1) is 11.6. The van der Waals surface area contributed by atoms with Crippen molar-refractivity contribution in [3.63, 3.8) is 0 Å². The van der Waals surface area contributed by atoms with Crippen LogP contribution in [0.3, 0.4) is 0 Å². The molecule has 1 saturated heterocycles. The van der Waals surface area contributed by atoms with E-state index in [0.717, 1.165) is 38.2 Å². The Balaban J connectivity index is 2.14. The van der Waals surface area contributed by atoms with Crippen molar-refractivity contribution in [2.24, 2.45) is 0 Å². The van der Waals surface area contributed by atoms with Crippen molar-refractivity contribution in [3.05, 3.63) is 17.5 Å². The van der Waals surface area contributed by atoms with Gasteiger partial charge in [-0.3, -0.25) is 0 Å². The van der Waals surface area contributed by atoms with Crippen molar-refractivity contribution in [1.82, 2.24) is 9.97 Å². The highest BCUT2D eigenvalue weighted by atomic mass is 35.5. The largest absolute Gasteiger partial charge is 0.390 e. The highest BCUT2D eigenvalue weighted by Gasteiger charge is 2.26. The Hall–Kier alpha value is -0.870. The maximum atomic E-state index is 10.00. The summed E-state index contributed by atoms with van der Waals surface area (Å²) in [5, 5.41) is 10.6. The minimum Gasteiger partial charge on any atom is -0.390 e. The van der Waals surface area contributed by atoms with Crippen LogP contribution in [-0.2, 0) is 0 Å². The molecule has 1 aliphatic rings. The van der Waals surface area contributed by atoms with E-state index in [9.17, 15) is 5.11 Å². The second kappa shape index (κ2) is 4.55. The maximum Gasteiger partial charge on any atom is 0.150 e. The molecule has 16 heavy (non-hydrogen) atoms. The van der Waals surface area contributed by atoms with Gasteiger partial charge >= 0.3 is 0 Å². The summed E-state index contributed by atoms with van der Waals surface area (Å²) in [5.74, 6) is 0.773. The van der Waals surface area contributed by atoms with Gasteiger partial charge < -0.3 is 10.0 Å². The monoisotopic (exact) mass is 241 g/mol. The predicted molar refractivity (Wildman–Crippen MR) is 63.7 cm³/mol. The lowest BCUT2D eigenvalue weighted by Gasteiger charge is -2.23. The van der Waals surface area contributed by atoms with E-state index in [1.165, 1.54) is 6.33 Å². The maximum absolute atomic E-state index is 10.00. The summed E-state index contributed by atoms with van der Waals surface area (Å²) in [6, 6.07) is 0. The van der Waals surface area contributed by atoms with Gasteiger partial charge in [0.1, 0.15) is 11.3 Å². The fraction of sp³-hybridized carbons (Fsp3) is 0.636. The molecule has 0 spiro atoms. The average molecular weight is 242 g/mol. The molecule has 5 heteroatoms. The molecule has 1 unspecified atom stereocenters. The minimum atomic E-state index is -0.561. The fourth-order valence-electron chi connectivity index (χ4n) is 2.01. The van der Waals surface area contributed by atoms with E-state index in [-0.39, 0.29) is 0 Å². The number of aromatic nitrogens is 2. The van der Waals surface area contributed by atoms with Gasteiger partial charge in [0.05, 0.1) is 11.8 Å². The number of hydrogen-bond acceptors (Lipinski definition) is 4. The zero-order chi connectivity index (χ0) is 11.6. The zero-order valence-corrected chi connectivity index (χ0v) is 10.1. The van der Waals surface area contributed by atoms with Crippen molar-refractivity contribution in [3.8, 4) is 0 Å². The normalized spacial score (nSPS) is 26.6. The summed E-state index contributed by atoms with van der Waals surface area (Å²) in [6.45, 7) is 3.55. The first-order valence-corrected chi connectivity index (χ1v) is 5.89. The Morgan fingerprint density at radius 1 is 1.44 bits per heavy atom. The first-order chi connectivity index (χ1) is 7.58. The van der Waals surface area contributed by atoms with Crippen LogP contribution >= 0.6 is 11.6 Å². The van der Waals surface area contributed by atoms with Crippen molar-refractivity contribution in [2.45, 2.75) is 31.8 Å². The molecule has 0 aliphatic carbocycles. The van der Waals surface area contributed by atoms with Crippen molar-refractivity contribution >= 4 is 17.4 Å². The molecule has 88 valence electrons. The van der Waals surface area contributed by atoms with E-state index in [1.807, 2.05) is 6.92 Å². The van der Waals surface area contributed by atoms with Gasteiger partial charge in [0.15, 0.2) is 5.82 Å². The van der Waals surface area contributed by atoms with Gasteiger partial charge in [-0.25, -0.2) is 9.97 Å². The Morgan fingerprint density at radius 2 is 2.25 bits per heavy atom. The molecule has 2 rings (SSSR count). The van der Waals surface area contributed by atoms with Gasteiger partial charge in [-0.2, -0.15) is 0 Å². The van der Waals surface area contributed by atoms with Gasteiger partial charge in [-0.1, -0.05) is 11.6 Å².